The monoisotopic (exact) mass is 224 g/mol. The minimum atomic E-state index is -0.295. The number of amides is 1. The highest BCUT2D eigenvalue weighted by Gasteiger charge is 2.20. The molecule has 16 heavy (non-hydrogen) atoms. The van der Waals surface area contributed by atoms with Crippen molar-refractivity contribution >= 4 is 5.91 Å². The van der Waals surface area contributed by atoms with Gasteiger partial charge in [-0.2, -0.15) is 0 Å². The van der Waals surface area contributed by atoms with Gasteiger partial charge in [0.05, 0.1) is 6.54 Å². The zero-order valence-electron chi connectivity index (χ0n) is 10.2. The van der Waals surface area contributed by atoms with E-state index in [1.807, 2.05) is 20.0 Å². The van der Waals surface area contributed by atoms with Crippen LogP contribution in [-0.2, 0) is 17.9 Å². The van der Waals surface area contributed by atoms with E-state index in [-0.39, 0.29) is 11.4 Å². The highest BCUT2D eigenvalue weighted by Crippen LogP contribution is 2.09. The lowest BCUT2D eigenvalue weighted by Crippen LogP contribution is -2.42. The fraction of sp³-hybridized carbons (Fsp3) is 0.636. The summed E-state index contributed by atoms with van der Waals surface area (Å²) in [4.78, 5) is 15.1. The Balaban J connectivity index is 2.53. The van der Waals surface area contributed by atoms with Crippen molar-refractivity contribution in [2.24, 2.45) is 5.73 Å². The molecule has 3 N–H and O–H groups in total. The molecule has 1 aromatic heterocycles. The van der Waals surface area contributed by atoms with Gasteiger partial charge in [0, 0.05) is 30.9 Å². The van der Waals surface area contributed by atoms with Crippen molar-refractivity contribution < 1.29 is 4.79 Å². The smallest absolute Gasteiger partial charge is 0.219 e. The van der Waals surface area contributed by atoms with Crippen LogP contribution in [0.5, 0.6) is 0 Å². The van der Waals surface area contributed by atoms with Crippen molar-refractivity contribution in [2.75, 3.05) is 0 Å². The van der Waals surface area contributed by atoms with Crippen LogP contribution in [-0.4, -0.2) is 21.0 Å². The number of rotatable bonds is 6. The largest absolute Gasteiger partial charge is 0.370 e. The molecule has 5 nitrogen and oxygen atoms in total. The summed E-state index contributed by atoms with van der Waals surface area (Å²) >= 11 is 0. The Labute approximate surface area is 96.0 Å². The Hall–Kier alpha value is -1.36. The maximum Gasteiger partial charge on any atom is 0.219 e. The van der Waals surface area contributed by atoms with Crippen LogP contribution in [0.25, 0.3) is 0 Å². The normalized spacial score (nSPS) is 11.7. The lowest BCUT2D eigenvalue weighted by Gasteiger charge is -2.24. The Kier molecular flexibility index (Phi) is 4.06. The van der Waals surface area contributed by atoms with Gasteiger partial charge >= 0.3 is 0 Å². The summed E-state index contributed by atoms with van der Waals surface area (Å²) in [6.07, 6.45) is 4.04. The zero-order valence-corrected chi connectivity index (χ0v) is 10.2. The summed E-state index contributed by atoms with van der Waals surface area (Å²) in [7, 11) is 0. The van der Waals surface area contributed by atoms with Crippen molar-refractivity contribution in [3.8, 4) is 0 Å². The third-order valence-electron chi connectivity index (χ3n) is 2.48. The van der Waals surface area contributed by atoms with E-state index in [4.69, 9.17) is 5.73 Å². The molecule has 0 radical (unpaired) electrons. The van der Waals surface area contributed by atoms with Crippen LogP contribution < -0.4 is 11.1 Å². The number of nitrogens with zero attached hydrogens (tertiary/aromatic N) is 2. The van der Waals surface area contributed by atoms with Crippen LogP contribution in [0.1, 0.15) is 33.0 Å². The van der Waals surface area contributed by atoms with Crippen LogP contribution in [0, 0.1) is 0 Å². The van der Waals surface area contributed by atoms with Crippen LogP contribution >= 0.6 is 0 Å². The van der Waals surface area contributed by atoms with E-state index in [0.29, 0.717) is 13.0 Å². The number of carbonyl (C=O) groups excluding carboxylic acids is 1. The molecule has 0 atom stereocenters. The van der Waals surface area contributed by atoms with E-state index >= 15 is 0 Å². The Morgan fingerprint density at radius 3 is 2.88 bits per heavy atom. The van der Waals surface area contributed by atoms with Gasteiger partial charge < -0.3 is 15.6 Å². The first-order valence-corrected chi connectivity index (χ1v) is 5.48. The summed E-state index contributed by atoms with van der Waals surface area (Å²) < 4.78 is 2.06. The van der Waals surface area contributed by atoms with Crippen LogP contribution in [0.2, 0.25) is 0 Å². The van der Waals surface area contributed by atoms with Crippen molar-refractivity contribution in [3.05, 3.63) is 18.2 Å². The van der Waals surface area contributed by atoms with Crippen molar-refractivity contribution in [1.82, 2.24) is 14.9 Å². The average Bonchev–Trinajstić information content (AvgIpc) is 2.59. The first kappa shape index (κ1) is 12.7. The number of aromatic nitrogens is 2. The summed E-state index contributed by atoms with van der Waals surface area (Å²) in [5.74, 6) is 0.677. The molecule has 0 fully saturated rings. The number of primary amides is 1. The first-order valence-electron chi connectivity index (χ1n) is 5.48. The second-order valence-corrected chi connectivity index (χ2v) is 4.51. The fourth-order valence-electron chi connectivity index (χ4n) is 1.61. The number of imidazole rings is 1. The molecule has 90 valence electrons. The van der Waals surface area contributed by atoms with Gasteiger partial charge in [0.1, 0.15) is 5.82 Å². The third kappa shape index (κ3) is 3.66. The molecule has 0 spiro atoms. The summed E-state index contributed by atoms with van der Waals surface area (Å²) in [5.41, 5.74) is 4.89. The minimum absolute atomic E-state index is 0.295. The van der Waals surface area contributed by atoms with Gasteiger partial charge in [-0.1, -0.05) is 0 Å². The number of nitrogens with one attached hydrogen (secondary N) is 1. The van der Waals surface area contributed by atoms with Crippen LogP contribution in [0.3, 0.4) is 0 Å². The molecule has 0 aliphatic carbocycles. The van der Waals surface area contributed by atoms with Gasteiger partial charge in [0.15, 0.2) is 0 Å². The van der Waals surface area contributed by atoms with Gasteiger partial charge in [-0.15, -0.1) is 0 Å². The van der Waals surface area contributed by atoms with Crippen LogP contribution in [0.4, 0.5) is 0 Å². The van der Waals surface area contributed by atoms with E-state index in [1.165, 1.54) is 0 Å². The Morgan fingerprint density at radius 1 is 1.62 bits per heavy atom. The van der Waals surface area contributed by atoms with Gasteiger partial charge in [-0.25, -0.2) is 4.98 Å². The fourth-order valence-corrected chi connectivity index (χ4v) is 1.61. The lowest BCUT2D eigenvalue weighted by atomic mass is 10.0. The van der Waals surface area contributed by atoms with E-state index in [9.17, 15) is 4.79 Å². The highest BCUT2D eigenvalue weighted by molar-refractivity contribution is 5.74. The molecular formula is C11H20N4O. The molecule has 1 heterocycles. The summed E-state index contributed by atoms with van der Waals surface area (Å²) in [6, 6.07) is 0. The van der Waals surface area contributed by atoms with Crippen molar-refractivity contribution in [3.63, 3.8) is 0 Å². The topological polar surface area (TPSA) is 72.9 Å². The van der Waals surface area contributed by atoms with Crippen molar-refractivity contribution in [1.29, 1.82) is 0 Å². The maximum absolute atomic E-state index is 10.9. The molecule has 0 saturated heterocycles. The number of nitrogens with two attached hydrogens (primary N) is 1. The molecule has 0 aliphatic heterocycles. The molecule has 1 amide bonds. The van der Waals surface area contributed by atoms with E-state index in [2.05, 4.69) is 21.8 Å². The number of carbonyl (C=O) groups is 1. The molecular weight excluding hydrogens is 204 g/mol. The Morgan fingerprint density at radius 2 is 2.31 bits per heavy atom. The van der Waals surface area contributed by atoms with Gasteiger partial charge in [0.2, 0.25) is 5.91 Å². The summed E-state index contributed by atoms with van der Waals surface area (Å²) in [6.45, 7) is 7.52. The van der Waals surface area contributed by atoms with E-state index < -0.39 is 0 Å². The second kappa shape index (κ2) is 5.12. The molecule has 1 aromatic rings. The average molecular weight is 224 g/mol. The number of aryl methyl sites for hydroxylation is 1. The molecule has 0 saturated carbocycles. The van der Waals surface area contributed by atoms with Gasteiger partial charge in [-0.05, 0) is 20.8 Å². The number of hydrogen-bond acceptors (Lipinski definition) is 3. The van der Waals surface area contributed by atoms with E-state index in [1.54, 1.807) is 6.20 Å². The van der Waals surface area contributed by atoms with Gasteiger partial charge in [-0.3, -0.25) is 4.79 Å². The third-order valence-corrected chi connectivity index (χ3v) is 2.48. The standard InChI is InChI=1S/C11H20N4O/c1-4-15-6-5-13-10(15)8-14-11(2,3)7-9(12)16/h5-6,14H,4,7-8H2,1-3H3,(H2,12,16). The highest BCUT2D eigenvalue weighted by atomic mass is 16.1. The molecule has 5 heteroatoms. The molecule has 0 bridgehead atoms. The molecule has 0 unspecified atom stereocenters. The predicted octanol–water partition coefficient (Wildman–Crippen LogP) is 0.647. The lowest BCUT2D eigenvalue weighted by molar-refractivity contribution is -0.119. The molecule has 1 rings (SSSR count). The van der Waals surface area contributed by atoms with Crippen molar-refractivity contribution in [2.45, 2.75) is 45.8 Å². The van der Waals surface area contributed by atoms with Crippen LogP contribution in [0.15, 0.2) is 12.4 Å². The SMILES string of the molecule is CCn1ccnc1CNC(C)(C)CC(N)=O. The quantitative estimate of drug-likeness (QED) is 0.745. The Bertz CT molecular complexity index is 357. The predicted molar refractivity (Wildman–Crippen MR) is 62.6 cm³/mol. The maximum atomic E-state index is 10.9. The van der Waals surface area contributed by atoms with Gasteiger partial charge in [0.25, 0.3) is 0 Å². The minimum Gasteiger partial charge on any atom is -0.370 e. The van der Waals surface area contributed by atoms with E-state index in [0.717, 1.165) is 12.4 Å². The molecule has 0 aliphatic rings. The zero-order chi connectivity index (χ0) is 12.2. The first-order chi connectivity index (χ1) is 7.44. The molecule has 0 aromatic carbocycles. The number of hydrogen-bond donors (Lipinski definition) is 2. The summed E-state index contributed by atoms with van der Waals surface area (Å²) in [5, 5.41) is 3.28. The second-order valence-electron chi connectivity index (χ2n) is 4.51.